The van der Waals surface area contributed by atoms with Crippen LogP contribution >= 0.6 is 0 Å². The van der Waals surface area contributed by atoms with E-state index in [1.54, 1.807) is 0 Å². The molecule has 0 spiro atoms. The summed E-state index contributed by atoms with van der Waals surface area (Å²) in [5, 5.41) is 15.2. The van der Waals surface area contributed by atoms with Crippen LogP contribution in [0.5, 0.6) is 0 Å². The number of hydrogen-bond donors (Lipinski definition) is 3. The molecule has 5 nitrogen and oxygen atoms in total. The minimum Gasteiger partial charge on any atom is -0.364 e. The number of rotatable bonds is 4. The number of H-pyrrole nitrogens is 1. The average molecular weight is 293 g/mol. The summed E-state index contributed by atoms with van der Waals surface area (Å²) in [5.74, 6) is 1.39. The second-order valence-corrected chi connectivity index (χ2v) is 5.73. The number of benzene rings is 1. The molecule has 3 N–H and O–H groups in total. The van der Waals surface area contributed by atoms with E-state index in [0.29, 0.717) is 5.92 Å². The molecule has 1 aliphatic rings. The van der Waals surface area contributed by atoms with Crippen LogP contribution in [0.4, 0.5) is 5.82 Å². The highest BCUT2D eigenvalue weighted by atomic mass is 15.2. The van der Waals surface area contributed by atoms with Crippen LogP contribution < -0.4 is 10.6 Å². The largest absolute Gasteiger partial charge is 0.364 e. The van der Waals surface area contributed by atoms with Crippen LogP contribution in [-0.4, -0.2) is 28.3 Å². The standard InChI is InChI=1S/C17H19N5/c1-2-4-12(5-3-1)10-19-16-14-6-7-15(13-8-9-18-11-13)20-17(14)22-21-16/h1-7,13,18H,8-11H2,(H2,19,20,21,22). The third-order valence-corrected chi connectivity index (χ3v) is 4.23. The summed E-state index contributed by atoms with van der Waals surface area (Å²) in [7, 11) is 0. The molecule has 1 aliphatic heterocycles. The van der Waals surface area contributed by atoms with E-state index >= 15 is 0 Å². The van der Waals surface area contributed by atoms with E-state index in [1.165, 1.54) is 5.56 Å². The Morgan fingerprint density at radius 3 is 2.86 bits per heavy atom. The van der Waals surface area contributed by atoms with Gasteiger partial charge in [0.15, 0.2) is 11.5 Å². The van der Waals surface area contributed by atoms with Gasteiger partial charge in [0.1, 0.15) is 0 Å². The lowest BCUT2D eigenvalue weighted by atomic mass is 10.0. The lowest BCUT2D eigenvalue weighted by molar-refractivity contribution is 0.738. The first kappa shape index (κ1) is 13.3. The third-order valence-electron chi connectivity index (χ3n) is 4.23. The quantitative estimate of drug-likeness (QED) is 0.692. The average Bonchev–Trinajstić information content (AvgIpc) is 3.23. The molecular weight excluding hydrogens is 274 g/mol. The minimum atomic E-state index is 0.522. The first-order valence-electron chi connectivity index (χ1n) is 7.74. The number of aromatic amines is 1. The Kier molecular flexibility index (Phi) is 3.48. The minimum absolute atomic E-state index is 0.522. The predicted octanol–water partition coefficient (Wildman–Crippen LogP) is 2.65. The van der Waals surface area contributed by atoms with Gasteiger partial charge in [-0.1, -0.05) is 30.3 Å². The molecule has 3 heterocycles. The van der Waals surface area contributed by atoms with Crippen LogP contribution in [0.25, 0.3) is 11.0 Å². The number of anilines is 1. The Labute approximate surface area is 129 Å². The van der Waals surface area contributed by atoms with Crippen molar-refractivity contribution in [1.29, 1.82) is 0 Å². The lowest BCUT2D eigenvalue weighted by Crippen LogP contribution is -2.08. The molecule has 22 heavy (non-hydrogen) atoms. The monoisotopic (exact) mass is 293 g/mol. The van der Waals surface area contributed by atoms with Crippen molar-refractivity contribution in [1.82, 2.24) is 20.5 Å². The van der Waals surface area contributed by atoms with Crippen molar-refractivity contribution in [3.63, 3.8) is 0 Å². The fourth-order valence-electron chi connectivity index (χ4n) is 2.97. The number of aromatic nitrogens is 3. The molecule has 1 unspecified atom stereocenters. The fraction of sp³-hybridized carbons (Fsp3) is 0.294. The molecule has 0 amide bonds. The van der Waals surface area contributed by atoms with Gasteiger partial charge in [-0.3, -0.25) is 5.10 Å². The molecule has 5 heteroatoms. The van der Waals surface area contributed by atoms with Crippen molar-refractivity contribution in [3.05, 3.63) is 53.7 Å². The predicted molar refractivity (Wildman–Crippen MR) is 87.9 cm³/mol. The fourth-order valence-corrected chi connectivity index (χ4v) is 2.97. The van der Waals surface area contributed by atoms with Gasteiger partial charge in [-0.15, -0.1) is 0 Å². The zero-order chi connectivity index (χ0) is 14.8. The van der Waals surface area contributed by atoms with Gasteiger partial charge in [0, 0.05) is 24.7 Å². The van der Waals surface area contributed by atoms with Crippen molar-refractivity contribution in [2.45, 2.75) is 18.9 Å². The van der Waals surface area contributed by atoms with Crippen molar-refractivity contribution in [2.75, 3.05) is 18.4 Å². The molecule has 1 atom stereocenters. The molecule has 3 aromatic rings. The van der Waals surface area contributed by atoms with Gasteiger partial charge in [-0.2, -0.15) is 5.10 Å². The van der Waals surface area contributed by atoms with Gasteiger partial charge < -0.3 is 10.6 Å². The molecule has 2 aromatic heterocycles. The van der Waals surface area contributed by atoms with Crippen molar-refractivity contribution in [2.24, 2.45) is 0 Å². The molecule has 1 fully saturated rings. The number of nitrogens with zero attached hydrogens (tertiary/aromatic N) is 2. The molecule has 0 saturated carbocycles. The number of nitrogens with one attached hydrogen (secondary N) is 3. The Morgan fingerprint density at radius 1 is 1.14 bits per heavy atom. The molecule has 1 aromatic carbocycles. The lowest BCUT2D eigenvalue weighted by Gasteiger charge is -2.07. The highest BCUT2D eigenvalue weighted by molar-refractivity contribution is 5.87. The molecule has 0 radical (unpaired) electrons. The molecular formula is C17H19N5. The highest BCUT2D eigenvalue weighted by Gasteiger charge is 2.19. The second kappa shape index (κ2) is 5.77. The maximum atomic E-state index is 4.73. The maximum Gasteiger partial charge on any atom is 0.157 e. The SMILES string of the molecule is c1ccc(CNc2n[nH]c3nc(C4CCNC4)ccc23)cc1. The van der Waals surface area contributed by atoms with E-state index in [9.17, 15) is 0 Å². The van der Waals surface area contributed by atoms with Crippen LogP contribution in [0.1, 0.15) is 23.6 Å². The third kappa shape index (κ3) is 2.55. The summed E-state index contributed by atoms with van der Waals surface area (Å²) in [5.41, 5.74) is 3.25. The van der Waals surface area contributed by atoms with Crippen LogP contribution in [0.15, 0.2) is 42.5 Å². The summed E-state index contributed by atoms with van der Waals surface area (Å²) >= 11 is 0. The number of pyridine rings is 1. The van der Waals surface area contributed by atoms with Crippen molar-refractivity contribution >= 4 is 16.9 Å². The highest BCUT2D eigenvalue weighted by Crippen LogP contribution is 2.25. The smallest absolute Gasteiger partial charge is 0.157 e. The normalized spacial score (nSPS) is 17.9. The Morgan fingerprint density at radius 2 is 2.05 bits per heavy atom. The summed E-state index contributed by atoms with van der Waals surface area (Å²) in [4.78, 5) is 4.73. The summed E-state index contributed by atoms with van der Waals surface area (Å²) in [6.45, 7) is 2.86. The van der Waals surface area contributed by atoms with E-state index in [4.69, 9.17) is 4.98 Å². The number of hydrogen-bond acceptors (Lipinski definition) is 4. The Bertz CT molecular complexity index is 759. The Hall–Kier alpha value is -2.40. The van der Waals surface area contributed by atoms with Crippen LogP contribution in [0.2, 0.25) is 0 Å². The summed E-state index contributed by atoms with van der Waals surface area (Å²) in [6, 6.07) is 14.6. The topological polar surface area (TPSA) is 65.6 Å². The summed E-state index contributed by atoms with van der Waals surface area (Å²) < 4.78 is 0. The zero-order valence-electron chi connectivity index (χ0n) is 12.3. The first-order chi connectivity index (χ1) is 10.9. The molecule has 1 saturated heterocycles. The number of fused-ring (bicyclic) bond motifs is 1. The van der Waals surface area contributed by atoms with Crippen LogP contribution in [0, 0.1) is 0 Å². The van der Waals surface area contributed by atoms with Gasteiger partial charge in [-0.25, -0.2) is 4.98 Å². The van der Waals surface area contributed by atoms with Crippen LogP contribution in [-0.2, 0) is 6.54 Å². The van der Waals surface area contributed by atoms with E-state index < -0.39 is 0 Å². The van der Waals surface area contributed by atoms with Gasteiger partial charge in [0.05, 0.1) is 5.39 Å². The van der Waals surface area contributed by atoms with Gasteiger partial charge in [0.2, 0.25) is 0 Å². The van der Waals surface area contributed by atoms with Crippen LogP contribution in [0.3, 0.4) is 0 Å². The van der Waals surface area contributed by atoms with Gasteiger partial charge >= 0.3 is 0 Å². The molecule has 4 rings (SSSR count). The van der Waals surface area contributed by atoms with Gasteiger partial charge in [-0.05, 0) is 30.7 Å². The van der Waals surface area contributed by atoms with E-state index in [0.717, 1.165) is 48.6 Å². The molecule has 112 valence electrons. The second-order valence-electron chi connectivity index (χ2n) is 5.73. The van der Waals surface area contributed by atoms with E-state index in [1.807, 2.05) is 18.2 Å². The van der Waals surface area contributed by atoms with Gasteiger partial charge in [0.25, 0.3) is 0 Å². The van der Waals surface area contributed by atoms with Crippen molar-refractivity contribution in [3.8, 4) is 0 Å². The molecule has 0 aliphatic carbocycles. The van der Waals surface area contributed by atoms with E-state index in [-0.39, 0.29) is 0 Å². The molecule has 0 bridgehead atoms. The van der Waals surface area contributed by atoms with E-state index in [2.05, 4.69) is 45.1 Å². The summed E-state index contributed by atoms with van der Waals surface area (Å²) in [6.07, 6.45) is 1.16. The zero-order valence-corrected chi connectivity index (χ0v) is 12.3. The first-order valence-corrected chi connectivity index (χ1v) is 7.74. The Balaban J connectivity index is 1.55. The maximum absolute atomic E-state index is 4.73. The van der Waals surface area contributed by atoms with Crippen molar-refractivity contribution < 1.29 is 0 Å².